The Morgan fingerprint density at radius 3 is 2.38 bits per heavy atom. The molecule has 0 unspecified atom stereocenters. The van der Waals surface area contributed by atoms with E-state index in [0.717, 1.165) is 66.1 Å². The molecule has 2 fully saturated rings. The van der Waals surface area contributed by atoms with E-state index in [1.165, 1.54) is 7.11 Å². The highest BCUT2D eigenvalue weighted by Crippen LogP contribution is 2.34. The number of likely N-dealkylation sites (tertiary alicyclic amines) is 1. The molecule has 4 heterocycles. The maximum Gasteiger partial charge on any atom is 0.407 e. The number of ether oxygens (including phenoxy) is 1. The number of carbonyl (C=O) groups excluding carboxylic acids is 2. The van der Waals surface area contributed by atoms with Gasteiger partial charge in [-0.25, -0.2) is 14.8 Å². The standard InChI is InChI=1S/C39H36N8O3/c1-50-39(49)46-35(28-7-3-2-4-8-28)38(48)47-20-6-10-34(47)37-43-24-33(45-37)29-18-17-26(30(21-29)22-40)14-11-25-12-15-27(16-13-25)32-23-42-36(44-32)31-9-5-19-41-31/h2-4,7-8,12-13,15-18,21,23-24,31,34-35,41H,5-6,9-10,19-20H2,1H3,(H,42,44)(H,43,45)(H,46,49)/t31-,34-,35+/m0/s1. The summed E-state index contributed by atoms with van der Waals surface area (Å²) >= 11 is 0. The number of carbonyl (C=O) groups is 2. The highest BCUT2D eigenvalue weighted by Gasteiger charge is 2.37. The van der Waals surface area contributed by atoms with Crippen molar-refractivity contribution in [2.75, 3.05) is 20.2 Å². The van der Waals surface area contributed by atoms with Crippen LogP contribution in [0.4, 0.5) is 4.79 Å². The summed E-state index contributed by atoms with van der Waals surface area (Å²) in [6.45, 7) is 1.55. The number of hydrogen-bond donors (Lipinski definition) is 4. The highest BCUT2D eigenvalue weighted by molar-refractivity contribution is 5.87. The van der Waals surface area contributed by atoms with Crippen LogP contribution in [-0.2, 0) is 9.53 Å². The molecule has 3 aromatic carbocycles. The molecule has 50 heavy (non-hydrogen) atoms. The van der Waals surface area contributed by atoms with Gasteiger partial charge in [0.1, 0.15) is 23.8 Å². The fourth-order valence-corrected chi connectivity index (χ4v) is 6.61. The molecule has 5 aromatic rings. The average molecular weight is 665 g/mol. The number of benzene rings is 3. The number of imidazole rings is 2. The number of aromatic amines is 2. The van der Waals surface area contributed by atoms with Crippen molar-refractivity contribution in [2.24, 2.45) is 0 Å². The van der Waals surface area contributed by atoms with E-state index in [0.29, 0.717) is 29.1 Å². The molecule has 7 rings (SSSR count). The lowest BCUT2D eigenvalue weighted by Crippen LogP contribution is -2.42. The Bertz CT molecular complexity index is 2100. The summed E-state index contributed by atoms with van der Waals surface area (Å²) in [7, 11) is 1.27. The molecule has 250 valence electrons. The first-order valence-corrected chi connectivity index (χ1v) is 16.7. The van der Waals surface area contributed by atoms with Crippen molar-refractivity contribution in [3.63, 3.8) is 0 Å². The van der Waals surface area contributed by atoms with Crippen LogP contribution >= 0.6 is 0 Å². The predicted molar refractivity (Wildman–Crippen MR) is 187 cm³/mol. The second-order valence-corrected chi connectivity index (χ2v) is 12.4. The molecule has 2 amide bonds. The lowest BCUT2D eigenvalue weighted by atomic mass is 10.0. The van der Waals surface area contributed by atoms with Crippen molar-refractivity contribution in [1.82, 2.24) is 35.5 Å². The topological polar surface area (TPSA) is 152 Å². The van der Waals surface area contributed by atoms with Crippen LogP contribution < -0.4 is 10.6 Å². The van der Waals surface area contributed by atoms with Gasteiger partial charge < -0.3 is 30.2 Å². The van der Waals surface area contributed by atoms with E-state index in [-0.39, 0.29) is 18.0 Å². The van der Waals surface area contributed by atoms with Crippen molar-refractivity contribution >= 4 is 12.0 Å². The summed E-state index contributed by atoms with van der Waals surface area (Å²) in [6.07, 6.45) is 6.67. The van der Waals surface area contributed by atoms with Gasteiger partial charge in [0.25, 0.3) is 5.91 Å². The number of hydrogen-bond acceptors (Lipinski definition) is 7. The zero-order valence-electron chi connectivity index (χ0n) is 27.6. The van der Waals surface area contributed by atoms with E-state index in [2.05, 4.69) is 48.5 Å². The average Bonchev–Trinajstić information content (AvgIpc) is 4.00. The van der Waals surface area contributed by atoms with Crippen molar-refractivity contribution in [1.29, 1.82) is 5.26 Å². The smallest absolute Gasteiger partial charge is 0.407 e. The fourth-order valence-electron chi connectivity index (χ4n) is 6.61. The molecule has 0 radical (unpaired) electrons. The first kappa shape index (κ1) is 32.4. The third-order valence-electron chi connectivity index (χ3n) is 9.25. The molecule has 4 N–H and O–H groups in total. The minimum absolute atomic E-state index is 0.237. The van der Waals surface area contributed by atoms with Crippen LogP contribution in [0.2, 0.25) is 0 Å². The maximum atomic E-state index is 13.8. The molecular weight excluding hydrogens is 628 g/mol. The molecule has 11 heteroatoms. The fraction of sp³-hybridized carbons (Fsp3) is 0.256. The van der Waals surface area contributed by atoms with Gasteiger partial charge in [-0.05, 0) is 67.6 Å². The Morgan fingerprint density at radius 1 is 0.900 bits per heavy atom. The highest BCUT2D eigenvalue weighted by atomic mass is 16.5. The Kier molecular flexibility index (Phi) is 9.41. The van der Waals surface area contributed by atoms with Crippen LogP contribution in [0, 0.1) is 23.2 Å². The third-order valence-corrected chi connectivity index (χ3v) is 9.25. The second kappa shape index (κ2) is 14.5. The number of nitriles is 1. The zero-order valence-corrected chi connectivity index (χ0v) is 27.6. The van der Waals surface area contributed by atoms with E-state index in [1.807, 2.05) is 60.8 Å². The minimum atomic E-state index is -0.896. The quantitative estimate of drug-likeness (QED) is 0.158. The number of nitrogens with one attached hydrogen (secondary N) is 4. The third kappa shape index (κ3) is 6.86. The van der Waals surface area contributed by atoms with Crippen LogP contribution in [-0.4, -0.2) is 57.0 Å². The molecule has 0 spiro atoms. The molecule has 0 saturated carbocycles. The van der Waals surface area contributed by atoms with E-state index in [1.54, 1.807) is 29.3 Å². The SMILES string of the molecule is COC(=O)N[C@@H](C(=O)N1CCC[C@H]1c1ncc(-c2ccc(C#Cc3ccc(-c4cnc([C@@H]5CCCN5)[nH]4)cc3)c(C#N)c2)[nH]1)c1ccccc1. The predicted octanol–water partition coefficient (Wildman–Crippen LogP) is 5.92. The van der Waals surface area contributed by atoms with E-state index < -0.39 is 12.1 Å². The van der Waals surface area contributed by atoms with Crippen LogP contribution in [0.1, 0.15) is 77.7 Å². The van der Waals surface area contributed by atoms with E-state index in [9.17, 15) is 14.9 Å². The molecule has 2 aliphatic heterocycles. The number of nitrogens with zero attached hydrogens (tertiary/aromatic N) is 4. The van der Waals surface area contributed by atoms with Crippen LogP contribution in [0.3, 0.4) is 0 Å². The van der Waals surface area contributed by atoms with Crippen molar-refractivity contribution in [2.45, 2.75) is 43.8 Å². The molecule has 0 aliphatic carbocycles. The molecule has 0 bridgehead atoms. The van der Waals surface area contributed by atoms with Crippen molar-refractivity contribution in [3.8, 4) is 40.4 Å². The van der Waals surface area contributed by atoms with Crippen LogP contribution in [0.25, 0.3) is 22.5 Å². The normalized spacial score (nSPS) is 17.4. The largest absolute Gasteiger partial charge is 0.453 e. The molecule has 11 nitrogen and oxygen atoms in total. The minimum Gasteiger partial charge on any atom is -0.453 e. The van der Waals surface area contributed by atoms with Gasteiger partial charge in [-0.15, -0.1) is 0 Å². The summed E-state index contributed by atoms with van der Waals surface area (Å²) in [5.74, 6) is 7.72. The van der Waals surface area contributed by atoms with Gasteiger partial charge in [-0.2, -0.15) is 5.26 Å². The van der Waals surface area contributed by atoms with Gasteiger partial charge in [0.2, 0.25) is 0 Å². The van der Waals surface area contributed by atoms with Crippen molar-refractivity contribution < 1.29 is 14.3 Å². The Morgan fingerprint density at radius 2 is 1.64 bits per heavy atom. The summed E-state index contributed by atoms with van der Waals surface area (Å²) in [5, 5.41) is 16.1. The number of rotatable bonds is 7. The number of H-pyrrole nitrogens is 2. The number of alkyl carbamates (subject to hydrolysis) is 1. The van der Waals surface area contributed by atoms with E-state index in [4.69, 9.17) is 4.74 Å². The number of aromatic nitrogens is 4. The van der Waals surface area contributed by atoms with Crippen LogP contribution in [0.5, 0.6) is 0 Å². The lowest BCUT2D eigenvalue weighted by molar-refractivity contribution is -0.134. The Labute approximate surface area is 290 Å². The summed E-state index contributed by atoms with van der Waals surface area (Å²) < 4.78 is 4.80. The molecule has 2 saturated heterocycles. The zero-order chi connectivity index (χ0) is 34.5. The second-order valence-electron chi connectivity index (χ2n) is 12.4. The first-order valence-electron chi connectivity index (χ1n) is 16.7. The summed E-state index contributed by atoms with van der Waals surface area (Å²) in [5.41, 5.74) is 6.09. The van der Waals surface area contributed by atoms with Crippen molar-refractivity contribution in [3.05, 3.63) is 119 Å². The maximum absolute atomic E-state index is 13.8. The van der Waals surface area contributed by atoms with Gasteiger partial charge in [0, 0.05) is 23.2 Å². The molecule has 3 atom stereocenters. The van der Waals surface area contributed by atoms with Gasteiger partial charge in [0.05, 0.1) is 48.5 Å². The monoisotopic (exact) mass is 664 g/mol. The first-order chi connectivity index (χ1) is 24.5. The van der Waals surface area contributed by atoms with E-state index >= 15 is 0 Å². The molecule has 2 aliphatic rings. The summed E-state index contributed by atoms with van der Waals surface area (Å²) in [4.78, 5) is 43.8. The Hall–Kier alpha value is -6.17. The van der Waals surface area contributed by atoms with Gasteiger partial charge in [-0.1, -0.05) is 60.4 Å². The molecular formula is C39H36N8O3. The van der Waals surface area contributed by atoms with Crippen LogP contribution in [0.15, 0.2) is 85.2 Å². The number of amides is 2. The number of methoxy groups -OCH3 is 1. The van der Waals surface area contributed by atoms with Gasteiger partial charge in [0.15, 0.2) is 0 Å². The molecule has 2 aromatic heterocycles. The summed E-state index contributed by atoms with van der Waals surface area (Å²) in [6, 6.07) is 24.0. The lowest BCUT2D eigenvalue weighted by Gasteiger charge is -2.28. The van der Waals surface area contributed by atoms with Gasteiger partial charge >= 0.3 is 6.09 Å². The van der Waals surface area contributed by atoms with Gasteiger partial charge in [-0.3, -0.25) is 4.79 Å². The Balaban J connectivity index is 1.05.